The number of imidazole rings is 1. The number of aromatic nitrogens is 2. The molecule has 2 heteroatoms. The fourth-order valence-electron chi connectivity index (χ4n) is 5.73. The normalized spacial score (nSPS) is 11.5. The first kappa shape index (κ1) is 21.6. The highest BCUT2D eigenvalue weighted by molar-refractivity contribution is 6.21. The van der Waals surface area contributed by atoms with Crippen LogP contribution in [0.5, 0.6) is 0 Å². The average Bonchev–Trinajstić information content (AvgIpc) is 3.35. The molecule has 1 aromatic heterocycles. The first-order valence-electron chi connectivity index (χ1n) is 12.9. The Morgan fingerprint density at radius 2 is 1.00 bits per heavy atom. The Kier molecular flexibility index (Phi) is 5.11. The van der Waals surface area contributed by atoms with E-state index in [1.54, 1.807) is 0 Å². The van der Waals surface area contributed by atoms with Gasteiger partial charge in [-0.05, 0) is 68.1 Å². The molecule has 0 fully saturated rings. The Hall–Kier alpha value is -4.69. The first-order chi connectivity index (χ1) is 18.3. The van der Waals surface area contributed by atoms with Crippen molar-refractivity contribution in [2.24, 2.45) is 0 Å². The van der Waals surface area contributed by atoms with E-state index >= 15 is 0 Å². The third-order valence-electron chi connectivity index (χ3n) is 7.35. The van der Waals surface area contributed by atoms with Crippen LogP contribution in [0, 0.1) is 0 Å². The van der Waals surface area contributed by atoms with Gasteiger partial charge in [-0.15, -0.1) is 0 Å². The van der Waals surface area contributed by atoms with Gasteiger partial charge in [0.25, 0.3) is 0 Å². The SMILES string of the molecule is CCc1nc2ccccc2n1-c1ccc(-c2c3ccccc3c(-c3ccccc3)c3ccccc23)cc1. The van der Waals surface area contributed by atoms with E-state index < -0.39 is 0 Å². The zero-order chi connectivity index (χ0) is 24.8. The van der Waals surface area contributed by atoms with Crippen LogP contribution in [0.15, 0.2) is 127 Å². The summed E-state index contributed by atoms with van der Waals surface area (Å²) in [5.74, 6) is 1.08. The molecule has 1 heterocycles. The van der Waals surface area contributed by atoms with Gasteiger partial charge in [0.05, 0.1) is 11.0 Å². The molecule has 0 aliphatic rings. The van der Waals surface area contributed by atoms with Crippen LogP contribution in [0.1, 0.15) is 12.7 Å². The predicted octanol–water partition coefficient (Wildman–Crippen LogP) is 9.23. The maximum Gasteiger partial charge on any atom is 0.114 e. The van der Waals surface area contributed by atoms with E-state index in [1.165, 1.54) is 43.8 Å². The van der Waals surface area contributed by atoms with Crippen LogP contribution in [0.25, 0.3) is 60.5 Å². The second-order valence-electron chi connectivity index (χ2n) is 9.46. The molecule has 0 saturated heterocycles. The van der Waals surface area contributed by atoms with Gasteiger partial charge in [0.1, 0.15) is 5.82 Å². The lowest BCUT2D eigenvalue weighted by Crippen LogP contribution is -2.00. The topological polar surface area (TPSA) is 17.8 Å². The Bertz CT molecular complexity index is 1840. The number of rotatable bonds is 4. The fraction of sp³-hybridized carbons (Fsp3) is 0.0571. The van der Waals surface area contributed by atoms with E-state index in [1.807, 2.05) is 0 Å². The number of hydrogen-bond donors (Lipinski definition) is 0. The van der Waals surface area contributed by atoms with Crippen molar-refractivity contribution in [1.82, 2.24) is 9.55 Å². The second kappa shape index (κ2) is 8.76. The number of hydrogen-bond acceptors (Lipinski definition) is 1. The minimum atomic E-state index is 0.882. The molecule has 0 saturated carbocycles. The summed E-state index contributed by atoms with van der Waals surface area (Å²) in [6.07, 6.45) is 0.882. The number of benzene rings is 6. The van der Waals surface area contributed by atoms with E-state index in [9.17, 15) is 0 Å². The Labute approximate surface area is 216 Å². The molecule has 0 atom stereocenters. The monoisotopic (exact) mass is 474 g/mol. The molecular weight excluding hydrogens is 448 g/mol. The highest BCUT2D eigenvalue weighted by atomic mass is 15.1. The van der Waals surface area contributed by atoms with Crippen molar-refractivity contribution in [3.63, 3.8) is 0 Å². The largest absolute Gasteiger partial charge is 0.296 e. The molecular formula is C35H26N2. The molecule has 2 nitrogen and oxygen atoms in total. The summed E-state index contributed by atoms with van der Waals surface area (Å²) >= 11 is 0. The van der Waals surface area contributed by atoms with Crippen molar-refractivity contribution in [2.45, 2.75) is 13.3 Å². The van der Waals surface area contributed by atoms with Gasteiger partial charge in [0.2, 0.25) is 0 Å². The highest BCUT2D eigenvalue weighted by Crippen LogP contribution is 2.43. The zero-order valence-corrected chi connectivity index (χ0v) is 20.7. The van der Waals surface area contributed by atoms with E-state index in [0.717, 1.165) is 29.0 Å². The molecule has 0 radical (unpaired) electrons. The molecule has 0 amide bonds. The van der Waals surface area contributed by atoms with Crippen LogP contribution >= 0.6 is 0 Å². The third-order valence-corrected chi connectivity index (χ3v) is 7.35. The zero-order valence-electron chi connectivity index (χ0n) is 20.7. The molecule has 0 unspecified atom stereocenters. The van der Waals surface area contributed by atoms with E-state index in [4.69, 9.17) is 4.98 Å². The Balaban J connectivity index is 1.47. The van der Waals surface area contributed by atoms with E-state index in [2.05, 4.69) is 139 Å². The molecule has 0 N–H and O–H groups in total. The van der Waals surface area contributed by atoms with Gasteiger partial charge in [0, 0.05) is 12.1 Å². The average molecular weight is 475 g/mol. The minimum absolute atomic E-state index is 0.882. The maximum absolute atomic E-state index is 4.87. The lowest BCUT2D eigenvalue weighted by atomic mass is 9.86. The summed E-state index contributed by atoms with van der Waals surface area (Å²) in [6, 6.07) is 45.7. The summed E-state index contributed by atoms with van der Waals surface area (Å²) in [5, 5.41) is 5.10. The molecule has 6 aromatic carbocycles. The van der Waals surface area contributed by atoms with Crippen molar-refractivity contribution in [3.05, 3.63) is 133 Å². The van der Waals surface area contributed by atoms with Crippen LogP contribution < -0.4 is 0 Å². The predicted molar refractivity (Wildman–Crippen MR) is 156 cm³/mol. The van der Waals surface area contributed by atoms with Crippen LogP contribution in [0.4, 0.5) is 0 Å². The van der Waals surface area contributed by atoms with Crippen LogP contribution in [0.2, 0.25) is 0 Å². The van der Waals surface area contributed by atoms with Crippen molar-refractivity contribution in [3.8, 4) is 27.9 Å². The molecule has 0 aliphatic heterocycles. The molecule has 37 heavy (non-hydrogen) atoms. The summed E-state index contributed by atoms with van der Waals surface area (Å²) in [7, 11) is 0. The van der Waals surface area contributed by atoms with E-state index in [0.29, 0.717) is 0 Å². The summed E-state index contributed by atoms with van der Waals surface area (Å²) < 4.78 is 2.29. The van der Waals surface area contributed by atoms with Gasteiger partial charge in [0.15, 0.2) is 0 Å². The Morgan fingerprint density at radius 1 is 0.514 bits per heavy atom. The van der Waals surface area contributed by atoms with Crippen molar-refractivity contribution >= 4 is 32.6 Å². The molecule has 7 aromatic rings. The lowest BCUT2D eigenvalue weighted by Gasteiger charge is -2.18. The highest BCUT2D eigenvalue weighted by Gasteiger charge is 2.17. The molecule has 0 spiro atoms. The lowest BCUT2D eigenvalue weighted by molar-refractivity contribution is 0.908. The fourth-order valence-corrected chi connectivity index (χ4v) is 5.73. The number of aryl methyl sites for hydroxylation is 1. The Morgan fingerprint density at radius 3 is 1.57 bits per heavy atom. The number of nitrogens with zero attached hydrogens (tertiary/aromatic N) is 2. The van der Waals surface area contributed by atoms with Gasteiger partial charge in [-0.3, -0.25) is 4.57 Å². The van der Waals surface area contributed by atoms with Crippen LogP contribution in [0.3, 0.4) is 0 Å². The van der Waals surface area contributed by atoms with Crippen molar-refractivity contribution in [2.75, 3.05) is 0 Å². The second-order valence-corrected chi connectivity index (χ2v) is 9.46. The first-order valence-corrected chi connectivity index (χ1v) is 12.9. The van der Waals surface area contributed by atoms with Crippen LogP contribution in [-0.2, 0) is 6.42 Å². The van der Waals surface area contributed by atoms with Gasteiger partial charge < -0.3 is 0 Å². The quantitative estimate of drug-likeness (QED) is 0.232. The van der Waals surface area contributed by atoms with Gasteiger partial charge >= 0.3 is 0 Å². The maximum atomic E-state index is 4.87. The summed E-state index contributed by atoms with van der Waals surface area (Å²) in [5.41, 5.74) is 8.37. The van der Waals surface area contributed by atoms with Gasteiger partial charge in [-0.25, -0.2) is 4.98 Å². The van der Waals surface area contributed by atoms with Gasteiger partial charge in [-0.2, -0.15) is 0 Å². The minimum Gasteiger partial charge on any atom is -0.296 e. The van der Waals surface area contributed by atoms with Crippen molar-refractivity contribution < 1.29 is 0 Å². The van der Waals surface area contributed by atoms with Gasteiger partial charge in [-0.1, -0.05) is 110 Å². The summed E-state index contributed by atoms with van der Waals surface area (Å²) in [4.78, 5) is 4.87. The molecule has 7 rings (SSSR count). The molecule has 0 bridgehead atoms. The van der Waals surface area contributed by atoms with Crippen LogP contribution in [-0.4, -0.2) is 9.55 Å². The smallest absolute Gasteiger partial charge is 0.114 e. The van der Waals surface area contributed by atoms with E-state index in [-0.39, 0.29) is 0 Å². The van der Waals surface area contributed by atoms with Crippen molar-refractivity contribution in [1.29, 1.82) is 0 Å². The molecule has 0 aliphatic carbocycles. The number of para-hydroxylation sites is 2. The third kappa shape index (κ3) is 3.45. The summed E-state index contributed by atoms with van der Waals surface area (Å²) in [6.45, 7) is 2.17. The molecule has 176 valence electrons. The standard InChI is InChI=1S/C35H26N2/c1-2-33-36-31-18-10-11-19-32(31)37(33)26-22-20-25(21-23-26)35-29-16-8-6-14-27(29)34(24-12-4-3-5-13-24)28-15-7-9-17-30(28)35/h3-23H,2H2,1H3. The number of fused-ring (bicyclic) bond motifs is 3.